The number of nitrogens with zero attached hydrogens (tertiary/aromatic N) is 1. The summed E-state index contributed by atoms with van der Waals surface area (Å²) in [6, 6.07) is 0.426. The summed E-state index contributed by atoms with van der Waals surface area (Å²) in [4.78, 5) is 0. The third kappa shape index (κ3) is 3.47. The first kappa shape index (κ1) is 11.8. The second kappa shape index (κ2) is 4.74. The van der Waals surface area contributed by atoms with Crippen LogP contribution in [0.15, 0.2) is 11.6 Å². The maximum atomic E-state index is 10.4. The van der Waals surface area contributed by atoms with E-state index in [2.05, 4.69) is 20.8 Å². The highest BCUT2D eigenvalue weighted by molar-refractivity contribution is 7.82. The predicted octanol–water partition coefficient (Wildman–Crippen LogP) is 1.55. The van der Waals surface area contributed by atoms with Gasteiger partial charge in [0.1, 0.15) is 6.20 Å². The lowest BCUT2D eigenvalue weighted by atomic mass is 10.3. The smallest absolute Gasteiger partial charge is 0.184 e. The van der Waals surface area contributed by atoms with Gasteiger partial charge in [0.15, 0.2) is 11.1 Å². The Morgan fingerprint density at radius 1 is 1.58 bits per heavy atom. The monoisotopic (exact) mass is 192 g/mol. The molecule has 0 aliphatic carbocycles. The third-order valence-electron chi connectivity index (χ3n) is 2.38. The Hall–Kier alpha value is -0.190. The van der Waals surface area contributed by atoms with E-state index in [9.17, 15) is 4.21 Å². The summed E-state index contributed by atoms with van der Waals surface area (Å²) in [6.45, 7) is 7.16. The van der Waals surface area contributed by atoms with Crippen LogP contribution in [-0.2, 0) is 11.1 Å². The van der Waals surface area contributed by atoms with Crippen molar-refractivity contribution >= 4 is 11.1 Å². The van der Waals surface area contributed by atoms with Crippen LogP contribution in [0.3, 0.4) is 0 Å². The highest BCUT2D eigenvalue weighted by atomic mass is 32.2. The molecule has 72 valence electrons. The van der Waals surface area contributed by atoms with Gasteiger partial charge in [0.05, 0.1) is 25.0 Å². The lowest BCUT2D eigenvalue weighted by molar-refractivity contribution is -0.879. The molecular weight excluding hydrogens is 174 g/mol. The number of rotatable bonds is 4. The molecule has 0 heterocycles. The second-order valence-electron chi connectivity index (χ2n) is 3.32. The highest BCUT2D eigenvalue weighted by Crippen LogP contribution is 2.10. The van der Waals surface area contributed by atoms with Crippen LogP contribution in [0, 0.1) is 0 Å². The molecule has 0 bridgehead atoms. The zero-order valence-corrected chi connectivity index (χ0v) is 8.97. The van der Waals surface area contributed by atoms with Crippen molar-refractivity contribution < 1.29 is 13.2 Å². The molecule has 4 heteroatoms. The maximum absolute atomic E-state index is 10.4. The molecule has 0 aromatic rings. The summed E-state index contributed by atoms with van der Waals surface area (Å²) in [6.07, 6.45) is 1.78. The molecule has 0 aliphatic rings. The first-order valence-electron chi connectivity index (χ1n) is 4.06. The molecule has 0 aromatic heterocycles. The average molecular weight is 192 g/mol. The number of quaternary nitrogens is 1. The van der Waals surface area contributed by atoms with Gasteiger partial charge in [-0.25, -0.2) is 4.21 Å². The largest absolute Gasteiger partial charge is 0.303 e. The van der Waals surface area contributed by atoms with Gasteiger partial charge in [0.2, 0.25) is 0 Å². The van der Waals surface area contributed by atoms with Crippen molar-refractivity contribution in [1.29, 1.82) is 0 Å². The summed E-state index contributed by atoms with van der Waals surface area (Å²) in [5.74, 6) is 0. The molecule has 1 N–H and O–H groups in total. The highest BCUT2D eigenvalue weighted by Gasteiger charge is 2.20. The molecule has 2 atom stereocenters. The van der Waals surface area contributed by atoms with Crippen molar-refractivity contribution in [3.05, 3.63) is 11.6 Å². The van der Waals surface area contributed by atoms with Crippen LogP contribution in [0.4, 0.5) is 0 Å². The van der Waals surface area contributed by atoms with Gasteiger partial charge in [-0.3, -0.25) is 4.48 Å². The second-order valence-corrected chi connectivity index (χ2v) is 4.14. The van der Waals surface area contributed by atoms with Crippen LogP contribution in [0.2, 0.25) is 0 Å². The minimum Gasteiger partial charge on any atom is -0.303 e. The van der Waals surface area contributed by atoms with E-state index in [1.165, 1.54) is 5.41 Å². The Balaban J connectivity index is 4.44. The minimum absolute atomic E-state index is 0.426. The molecule has 0 radical (unpaired) electrons. The number of hydrogen-bond donors (Lipinski definition) is 1. The van der Waals surface area contributed by atoms with Crippen LogP contribution in [-0.4, -0.2) is 32.9 Å². The molecular formula is C8H18NO2S+. The summed E-state index contributed by atoms with van der Waals surface area (Å²) in [5, 5.41) is 1.32. The predicted molar refractivity (Wildman–Crippen MR) is 51.8 cm³/mol. The van der Waals surface area contributed by atoms with E-state index in [0.717, 1.165) is 6.54 Å². The normalized spacial score (nSPS) is 19.8. The first-order valence-corrected chi connectivity index (χ1v) is 5.23. The molecule has 0 saturated carbocycles. The molecule has 0 spiro atoms. The van der Waals surface area contributed by atoms with E-state index in [-0.39, 0.29) is 0 Å². The molecule has 0 rings (SSSR count). The van der Waals surface area contributed by atoms with Gasteiger partial charge in [-0.2, -0.15) is 0 Å². The first-order chi connectivity index (χ1) is 5.42. The molecule has 0 fully saturated rings. The van der Waals surface area contributed by atoms with Crippen molar-refractivity contribution in [3.8, 4) is 0 Å². The average Bonchev–Trinajstić information content (AvgIpc) is 1.99. The Morgan fingerprint density at radius 3 is 2.33 bits per heavy atom. The Morgan fingerprint density at radius 2 is 2.08 bits per heavy atom. The van der Waals surface area contributed by atoms with Crippen molar-refractivity contribution in [2.75, 3.05) is 13.6 Å². The van der Waals surface area contributed by atoms with Gasteiger partial charge in [-0.1, -0.05) is 0 Å². The maximum Gasteiger partial charge on any atom is 0.184 e. The van der Waals surface area contributed by atoms with Crippen molar-refractivity contribution in [3.63, 3.8) is 0 Å². The van der Waals surface area contributed by atoms with E-state index >= 15 is 0 Å². The quantitative estimate of drug-likeness (QED) is 0.542. The van der Waals surface area contributed by atoms with Crippen LogP contribution >= 0.6 is 0 Å². The fourth-order valence-electron chi connectivity index (χ4n) is 0.834. The topological polar surface area (TPSA) is 37.3 Å². The van der Waals surface area contributed by atoms with Gasteiger partial charge in [-0.05, 0) is 20.8 Å². The molecule has 0 aromatic carbocycles. The van der Waals surface area contributed by atoms with Crippen LogP contribution in [0.25, 0.3) is 0 Å². The summed E-state index contributed by atoms with van der Waals surface area (Å²) >= 11 is -1.83. The van der Waals surface area contributed by atoms with Gasteiger partial charge in [0.25, 0.3) is 0 Å². The van der Waals surface area contributed by atoms with Gasteiger partial charge in [-0.15, -0.1) is 0 Å². The summed E-state index contributed by atoms with van der Waals surface area (Å²) in [7, 11) is 2.04. The van der Waals surface area contributed by atoms with E-state index in [1.54, 1.807) is 6.20 Å². The Labute approximate surface area is 77.0 Å². The van der Waals surface area contributed by atoms with Crippen LogP contribution in [0.1, 0.15) is 20.8 Å². The zero-order valence-electron chi connectivity index (χ0n) is 8.15. The summed E-state index contributed by atoms with van der Waals surface area (Å²) < 4.78 is 19.7. The van der Waals surface area contributed by atoms with Gasteiger partial charge in [0, 0.05) is 0 Å². The summed E-state index contributed by atoms with van der Waals surface area (Å²) in [5.41, 5.74) is 0. The molecule has 0 amide bonds. The van der Waals surface area contributed by atoms with Crippen molar-refractivity contribution in [1.82, 2.24) is 0 Å². The molecule has 0 aliphatic heterocycles. The van der Waals surface area contributed by atoms with E-state index < -0.39 is 11.1 Å². The molecule has 2 unspecified atom stereocenters. The molecule has 0 saturated heterocycles. The SMILES string of the molecule is CC[N+](C)(C=CS(=O)O)C(C)C. The minimum atomic E-state index is -1.83. The van der Waals surface area contributed by atoms with Crippen LogP contribution in [0.5, 0.6) is 0 Å². The Kier molecular flexibility index (Phi) is 4.67. The lowest BCUT2D eigenvalue weighted by Crippen LogP contribution is -2.44. The van der Waals surface area contributed by atoms with Gasteiger partial charge < -0.3 is 4.55 Å². The van der Waals surface area contributed by atoms with E-state index in [0.29, 0.717) is 10.5 Å². The van der Waals surface area contributed by atoms with Gasteiger partial charge >= 0.3 is 0 Å². The third-order valence-corrected chi connectivity index (χ3v) is 2.73. The number of hydrogen-bond acceptors (Lipinski definition) is 1. The standard InChI is InChI=1S/C8H17NO2S/c1-5-9(4,8(2)3)6-7-12(10)11/h6-8H,5H2,1-4H3/p+1. The molecule has 3 nitrogen and oxygen atoms in total. The van der Waals surface area contributed by atoms with E-state index in [4.69, 9.17) is 4.55 Å². The Bertz CT molecular complexity index is 191. The fraction of sp³-hybridized carbons (Fsp3) is 0.750. The fourth-order valence-corrected chi connectivity index (χ4v) is 1.22. The van der Waals surface area contributed by atoms with E-state index in [1.807, 2.05) is 7.05 Å². The van der Waals surface area contributed by atoms with Crippen molar-refractivity contribution in [2.24, 2.45) is 0 Å². The zero-order chi connectivity index (χ0) is 9.78. The lowest BCUT2D eigenvalue weighted by Gasteiger charge is -2.33. The van der Waals surface area contributed by atoms with Crippen LogP contribution < -0.4 is 0 Å². The van der Waals surface area contributed by atoms with Crippen molar-refractivity contribution in [2.45, 2.75) is 26.8 Å². The molecule has 12 heavy (non-hydrogen) atoms.